The number of hydrogen-bond acceptors (Lipinski definition) is 7. The van der Waals surface area contributed by atoms with Crippen LogP contribution in [0, 0.1) is 5.82 Å². The molecule has 5 rings (SSSR count). The van der Waals surface area contributed by atoms with Gasteiger partial charge in [-0.15, -0.1) is 11.3 Å². The summed E-state index contributed by atoms with van der Waals surface area (Å²) in [7, 11) is 4.97. The number of amides is 2. The molecule has 1 aromatic carbocycles. The highest BCUT2D eigenvalue weighted by molar-refractivity contribution is 7.12. The predicted molar refractivity (Wildman–Crippen MR) is 170 cm³/mol. The molecule has 9 nitrogen and oxygen atoms in total. The number of piperazine rings is 1. The van der Waals surface area contributed by atoms with Crippen molar-refractivity contribution in [1.82, 2.24) is 19.4 Å². The van der Waals surface area contributed by atoms with E-state index in [-0.39, 0.29) is 46.0 Å². The van der Waals surface area contributed by atoms with Crippen molar-refractivity contribution in [3.63, 3.8) is 0 Å². The number of aryl methyl sites for hydroxylation is 1. The third-order valence-corrected chi connectivity index (χ3v) is 10.0. The van der Waals surface area contributed by atoms with Crippen LogP contribution in [0.1, 0.15) is 71.7 Å². The van der Waals surface area contributed by atoms with Crippen LogP contribution >= 0.6 is 11.3 Å². The van der Waals surface area contributed by atoms with E-state index in [1.807, 2.05) is 25.8 Å². The van der Waals surface area contributed by atoms with Crippen molar-refractivity contribution < 1.29 is 27.2 Å². The molecule has 0 spiro atoms. The van der Waals surface area contributed by atoms with E-state index in [1.54, 1.807) is 17.3 Å². The van der Waals surface area contributed by atoms with Gasteiger partial charge in [-0.05, 0) is 39.8 Å². The van der Waals surface area contributed by atoms with Gasteiger partial charge in [-0.1, -0.05) is 19.3 Å². The molecule has 2 fully saturated rings. The average Bonchev–Trinajstić information content (AvgIpc) is 3.50. The minimum Gasteiger partial charge on any atom is -0.367 e. The Morgan fingerprint density at radius 2 is 1.70 bits per heavy atom. The van der Waals surface area contributed by atoms with E-state index in [2.05, 4.69) is 15.2 Å². The molecule has 2 amide bonds. The van der Waals surface area contributed by atoms with Gasteiger partial charge in [-0.2, -0.15) is 13.2 Å². The third kappa shape index (κ3) is 6.82. The lowest BCUT2D eigenvalue weighted by atomic mass is 9.94. The maximum Gasteiger partial charge on any atom is 0.417 e. The molecule has 248 valence electrons. The van der Waals surface area contributed by atoms with Gasteiger partial charge in [0.05, 0.1) is 28.2 Å². The quantitative estimate of drug-likeness (QED) is 0.333. The molecule has 0 bridgehead atoms. The largest absolute Gasteiger partial charge is 0.417 e. The number of anilines is 2. The molecule has 3 aromatic rings. The Bertz CT molecular complexity index is 1670. The van der Waals surface area contributed by atoms with Crippen LogP contribution in [0.2, 0.25) is 0 Å². The van der Waals surface area contributed by atoms with Crippen molar-refractivity contribution in [2.24, 2.45) is 7.05 Å². The van der Waals surface area contributed by atoms with E-state index in [1.165, 1.54) is 19.2 Å². The summed E-state index contributed by atoms with van der Waals surface area (Å²) in [6.45, 7) is 4.95. The average molecular weight is 663 g/mol. The maximum atomic E-state index is 15.9. The van der Waals surface area contributed by atoms with E-state index < -0.39 is 34.6 Å². The number of likely N-dealkylation sites (N-methyl/N-ethyl adjacent to an activating group) is 1. The van der Waals surface area contributed by atoms with Crippen molar-refractivity contribution in [2.75, 3.05) is 37.4 Å². The SMILES string of the molecule is CC1CN(c2cc(F)c(-c3csc(C(=O)N(C)C4CCCCC4)n3)cc2NC(=O)c2cn(C)c(=O)cc2C(F)(F)F)CC(C)N1C. The molecule has 14 heteroatoms. The van der Waals surface area contributed by atoms with Gasteiger partial charge in [-0.3, -0.25) is 19.3 Å². The Balaban J connectivity index is 1.54. The zero-order valence-electron chi connectivity index (χ0n) is 26.4. The molecule has 0 radical (unpaired) electrons. The first-order chi connectivity index (χ1) is 21.6. The fourth-order valence-corrected chi connectivity index (χ4v) is 7.04. The molecular formula is C32H38F4N6O3S. The molecule has 3 heterocycles. The molecule has 2 unspecified atom stereocenters. The summed E-state index contributed by atoms with van der Waals surface area (Å²) in [5.74, 6) is -2.03. The highest BCUT2D eigenvalue weighted by Crippen LogP contribution is 2.38. The molecule has 1 saturated carbocycles. The van der Waals surface area contributed by atoms with E-state index in [4.69, 9.17) is 0 Å². The van der Waals surface area contributed by atoms with Crippen LogP contribution < -0.4 is 15.8 Å². The van der Waals surface area contributed by atoms with E-state index in [0.29, 0.717) is 24.8 Å². The van der Waals surface area contributed by atoms with Gasteiger partial charge in [-0.25, -0.2) is 9.37 Å². The number of thiazole rings is 1. The van der Waals surface area contributed by atoms with Gasteiger partial charge in [0.25, 0.3) is 17.4 Å². The second-order valence-corrected chi connectivity index (χ2v) is 13.2. The van der Waals surface area contributed by atoms with Gasteiger partial charge >= 0.3 is 6.18 Å². The number of alkyl halides is 3. The minimum atomic E-state index is -4.96. The molecule has 2 aromatic heterocycles. The number of benzene rings is 1. The van der Waals surface area contributed by atoms with E-state index in [9.17, 15) is 27.6 Å². The third-order valence-electron chi connectivity index (χ3n) is 9.22. The first-order valence-corrected chi connectivity index (χ1v) is 16.2. The summed E-state index contributed by atoms with van der Waals surface area (Å²) in [5, 5.41) is 4.33. The summed E-state index contributed by atoms with van der Waals surface area (Å²) >= 11 is 1.08. The van der Waals surface area contributed by atoms with Crippen molar-refractivity contribution in [3.8, 4) is 11.3 Å². The smallest absolute Gasteiger partial charge is 0.367 e. The fraction of sp³-hybridized carbons (Fsp3) is 0.500. The summed E-state index contributed by atoms with van der Waals surface area (Å²) in [4.78, 5) is 49.0. The number of rotatable bonds is 6. The van der Waals surface area contributed by atoms with Crippen molar-refractivity contribution in [1.29, 1.82) is 0 Å². The van der Waals surface area contributed by atoms with Crippen LogP contribution in [0.3, 0.4) is 0 Å². The van der Waals surface area contributed by atoms with Crippen LogP contribution in [0.4, 0.5) is 28.9 Å². The maximum absolute atomic E-state index is 15.9. The zero-order valence-corrected chi connectivity index (χ0v) is 27.3. The van der Waals surface area contributed by atoms with Crippen molar-refractivity contribution in [2.45, 2.75) is 70.3 Å². The highest BCUT2D eigenvalue weighted by atomic mass is 32.1. The van der Waals surface area contributed by atoms with Gasteiger partial charge in [0.15, 0.2) is 5.01 Å². The molecule has 1 aliphatic carbocycles. The number of aromatic nitrogens is 2. The zero-order chi connectivity index (χ0) is 33.5. The van der Waals surface area contributed by atoms with Crippen LogP contribution in [0.5, 0.6) is 0 Å². The number of hydrogen-bond donors (Lipinski definition) is 1. The van der Waals surface area contributed by atoms with E-state index >= 15 is 4.39 Å². The molecule has 2 atom stereocenters. The van der Waals surface area contributed by atoms with Crippen LogP contribution in [0.25, 0.3) is 11.3 Å². The Hall–Kier alpha value is -3.78. The standard InChI is InChI=1S/C32H38F4N6O3S/c1-18-14-42(15-19(2)40(18)4)27-13-24(33)21(26-17-46-30(38-26)31(45)41(5)20-9-7-6-8-10-20)11-25(27)37-29(44)22-16-39(3)28(43)12-23(22)32(34,35)36/h11-13,16-20H,6-10,14-15H2,1-5H3,(H,37,44). The summed E-state index contributed by atoms with van der Waals surface area (Å²) in [5.41, 5.74) is -2.51. The number of pyridine rings is 1. The summed E-state index contributed by atoms with van der Waals surface area (Å²) < 4.78 is 58.5. The van der Waals surface area contributed by atoms with Crippen LogP contribution in [-0.2, 0) is 13.2 Å². The van der Waals surface area contributed by atoms with Gasteiger partial charge in [0, 0.05) is 74.6 Å². The van der Waals surface area contributed by atoms with E-state index in [0.717, 1.165) is 54.2 Å². The van der Waals surface area contributed by atoms with Gasteiger partial charge in [0.2, 0.25) is 0 Å². The van der Waals surface area contributed by atoms with Crippen molar-refractivity contribution >= 4 is 34.5 Å². The Morgan fingerprint density at radius 3 is 2.33 bits per heavy atom. The lowest BCUT2D eigenvalue weighted by Gasteiger charge is -2.44. The Morgan fingerprint density at radius 1 is 1.04 bits per heavy atom. The monoisotopic (exact) mass is 662 g/mol. The molecule has 46 heavy (non-hydrogen) atoms. The number of nitrogens with zero attached hydrogens (tertiary/aromatic N) is 5. The first-order valence-electron chi connectivity index (χ1n) is 15.3. The number of halogens is 4. The Labute approximate surface area is 268 Å². The van der Waals surface area contributed by atoms with Gasteiger partial charge < -0.3 is 19.7 Å². The predicted octanol–water partition coefficient (Wildman–Crippen LogP) is 5.85. The second-order valence-electron chi connectivity index (χ2n) is 12.4. The lowest BCUT2D eigenvalue weighted by molar-refractivity contribution is -0.138. The summed E-state index contributed by atoms with van der Waals surface area (Å²) in [6.07, 6.45) is 0.931. The summed E-state index contributed by atoms with van der Waals surface area (Å²) in [6, 6.07) is 3.20. The minimum absolute atomic E-state index is 0.0126. The van der Waals surface area contributed by atoms with Crippen LogP contribution in [0.15, 0.2) is 34.6 Å². The van der Waals surface area contributed by atoms with Crippen molar-refractivity contribution in [3.05, 3.63) is 62.1 Å². The molecule has 1 N–H and O–H groups in total. The van der Waals surface area contributed by atoms with Gasteiger partial charge in [0.1, 0.15) is 5.82 Å². The highest BCUT2D eigenvalue weighted by Gasteiger charge is 2.37. The molecule has 1 aliphatic heterocycles. The molecule has 1 saturated heterocycles. The van der Waals surface area contributed by atoms with Crippen LogP contribution in [-0.4, -0.2) is 76.5 Å². The molecule has 2 aliphatic rings. The Kier molecular flexibility index (Phi) is 9.60. The normalized spacial score (nSPS) is 19.7. The number of carbonyl (C=O) groups excluding carboxylic acids is 2. The first kappa shape index (κ1) is 33.6. The number of carbonyl (C=O) groups is 2. The topological polar surface area (TPSA) is 90.8 Å². The second kappa shape index (κ2) is 13.1. The fourth-order valence-electron chi connectivity index (χ4n) is 6.24. The molecular weight excluding hydrogens is 624 g/mol. The number of nitrogens with one attached hydrogen (secondary N) is 1. The lowest BCUT2D eigenvalue weighted by Crippen LogP contribution is -2.55.